The van der Waals surface area contributed by atoms with Crippen molar-refractivity contribution in [2.24, 2.45) is 7.05 Å². The zero-order chi connectivity index (χ0) is 15.6. The summed E-state index contributed by atoms with van der Waals surface area (Å²) in [7, 11) is -2.03. The Morgan fingerprint density at radius 2 is 2.19 bits per heavy atom. The second kappa shape index (κ2) is 6.08. The highest BCUT2D eigenvalue weighted by atomic mass is 79.9. The second-order valence-corrected chi connectivity index (χ2v) is 6.90. The molecule has 0 aliphatic rings. The van der Waals surface area contributed by atoms with Gasteiger partial charge in [-0.1, -0.05) is 0 Å². The van der Waals surface area contributed by atoms with Gasteiger partial charge in [0.1, 0.15) is 18.0 Å². The van der Waals surface area contributed by atoms with Crippen molar-refractivity contribution in [2.75, 3.05) is 12.3 Å². The Morgan fingerprint density at radius 3 is 2.81 bits per heavy atom. The van der Waals surface area contributed by atoms with E-state index < -0.39 is 15.8 Å². The third-order valence-electron chi connectivity index (χ3n) is 2.79. The minimum atomic E-state index is -3.80. The van der Waals surface area contributed by atoms with Crippen LogP contribution in [-0.2, 0) is 23.5 Å². The first-order valence-corrected chi connectivity index (χ1v) is 8.16. The zero-order valence-electron chi connectivity index (χ0n) is 11.0. The lowest BCUT2D eigenvalue weighted by Gasteiger charge is -2.09. The summed E-state index contributed by atoms with van der Waals surface area (Å²) < 4.78 is 41.8. The standard InChI is InChI=1S/C11H13BrFN5O2S/c1-18-6-15-17-11(18)2-3-16-21(19,20)10-5-9(14)8(13)4-7(10)12/h4-6,16H,2-3,14H2,1H3. The number of sulfonamides is 1. The first-order valence-electron chi connectivity index (χ1n) is 5.88. The number of nitrogens with zero attached hydrogens (tertiary/aromatic N) is 3. The molecule has 7 nitrogen and oxygen atoms in total. The van der Waals surface area contributed by atoms with Gasteiger partial charge in [-0.3, -0.25) is 0 Å². The summed E-state index contributed by atoms with van der Waals surface area (Å²) in [5.74, 6) is -0.0321. The van der Waals surface area contributed by atoms with Crippen molar-refractivity contribution in [1.29, 1.82) is 0 Å². The zero-order valence-corrected chi connectivity index (χ0v) is 13.4. The van der Waals surface area contributed by atoms with E-state index >= 15 is 0 Å². The molecule has 1 aromatic heterocycles. The van der Waals surface area contributed by atoms with Crippen LogP contribution in [0.15, 0.2) is 27.8 Å². The van der Waals surface area contributed by atoms with Crippen molar-refractivity contribution >= 4 is 31.6 Å². The lowest BCUT2D eigenvalue weighted by molar-refractivity contribution is 0.578. The van der Waals surface area contributed by atoms with E-state index in [0.29, 0.717) is 12.2 Å². The number of nitrogens with one attached hydrogen (secondary N) is 1. The molecule has 0 aliphatic carbocycles. The average Bonchev–Trinajstić information content (AvgIpc) is 2.79. The Hall–Kier alpha value is -1.52. The molecule has 0 spiro atoms. The minimum absolute atomic E-state index is 0.111. The third-order valence-corrected chi connectivity index (χ3v) is 5.21. The van der Waals surface area contributed by atoms with Crippen LogP contribution in [0.1, 0.15) is 5.82 Å². The largest absolute Gasteiger partial charge is 0.396 e. The summed E-state index contributed by atoms with van der Waals surface area (Å²) in [4.78, 5) is -0.112. The fourth-order valence-corrected chi connectivity index (χ4v) is 3.74. The second-order valence-electron chi connectivity index (χ2n) is 4.31. The Bertz CT molecular complexity index is 762. The maximum Gasteiger partial charge on any atom is 0.241 e. The van der Waals surface area contributed by atoms with E-state index in [4.69, 9.17) is 5.73 Å². The molecule has 2 rings (SSSR count). The molecule has 2 aromatic rings. The van der Waals surface area contributed by atoms with Gasteiger partial charge in [0.15, 0.2) is 0 Å². The van der Waals surface area contributed by atoms with E-state index in [1.165, 1.54) is 6.33 Å². The molecule has 1 heterocycles. The molecule has 0 unspecified atom stereocenters. The molecule has 0 amide bonds. The van der Waals surface area contributed by atoms with Crippen LogP contribution in [0.5, 0.6) is 0 Å². The number of aromatic nitrogens is 3. The Kier molecular flexibility index (Phi) is 4.59. The van der Waals surface area contributed by atoms with Crippen molar-refractivity contribution in [3.8, 4) is 0 Å². The van der Waals surface area contributed by atoms with E-state index in [2.05, 4.69) is 30.8 Å². The van der Waals surface area contributed by atoms with Crippen LogP contribution in [0, 0.1) is 5.82 Å². The van der Waals surface area contributed by atoms with Gasteiger partial charge in [-0.05, 0) is 28.1 Å². The molecule has 10 heteroatoms. The first kappa shape index (κ1) is 15.9. The number of halogens is 2. The van der Waals surface area contributed by atoms with Crippen LogP contribution in [0.2, 0.25) is 0 Å². The fraction of sp³-hybridized carbons (Fsp3) is 0.273. The topological polar surface area (TPSA) is 103 Å². The van der Waals surface area contributed by atoms with Gasteiger partial charge in [-0.15, -0.1) is 10.2 Å². The predicted octanol–water partition coefficient (Wildman–Crippen LogP) is 0.820. The molecule has 0 saturated heterocycles. The lowest BCUT2D eigenvalue weighted by atomic mass is 10.3. The highest BCUT2D eigenvalue weighted by Gasteiger charge is 2.19. The summed E-state index contributed by atoms with van der Waals surface area (Å²) >= 11 is 3.02. The van der Waals surface area contributed by atoms with Crippen molar-refractivity contribution < 1.29 is 12.8 Å². The van der Waals surface area contributed by atoms with Crippen LogP contribution < -0.4 is 10.5 Å². The van der Waals surface area contributed by atoms with Gasteiger partial charge in [0.25, 0.3) is 0 Å². The monoisotopic (exact) mass is 377 g/mol. The van der Waals surface area contributed by atoms with Gasteiger partial charge in [-0.2, -0.15) is 0 Å². The Labute approximate surface area is 129 Å². The van der Waals surface area contributed by atoms with Gasteiger partial charge in [0.2, 0.25) is 10.0 Å². The summed E-state index contributed by atoms with van der Waals surface area (Å²) in [5.41, 5.74) is 5.17. The molecular weight excluding hydrogens is 365 g/mol. The molecule has 0 bridgehead atoms. The molecule has 0 aliphatic heterocycles. The summed E-state index contributed by atoms with van der Waals surface area (Å²) in [6.45, 7) is 0.137. The molecule has 0 saturated carbocycles. The molecule has 3 N–H and O–H groups in total. The number of nitrogen functional groups attached to an aromatic ring is 1. The Morgan fingerprint density at radius 1 is 1.48 bits per heavy atom. The van der Waals surface area contributed by atoms with E-state index in [-0.39, 0.29) is 21.6 Å². The highest BCUT2D eigenvalue weighted by molar-refractivity contribution is 9.10. The van der Waals surface area contributed by atoms with E-state index in [1.54, 1.807) is 11.6 Å². The molecule has 1 aromatic carbocycles. The summed E-state index contributed by atoms with van der Waals surface area (Å²) in [5, 5.41) is 7.55. The van der Waals surface area contributed by atoms with Crippen LogP contribution >= 0.6 is 15.9 Å². The molecule has 0 radical (unpaired) electrons. The van der Waals surface area contributed by atoms with Crippen LogP contribution in [0.25, 0.3) is 0 Å². The number of rotatable bonds is 5. The van der Waals surface area contributed by atoms with E-state index in [9.17, 15) is 12.8 Å². The SMILES string of the molecule is Cn1cnnc1CCNS(=O)(=O)c1cc(N)c(F)cc1Br. The van der Waals surface area contributed by atoms with Gasteiger partial charge in [-0.25, -0.2) is 17.5 Å². The van der Waals surface area contributed by atoms with Crippen molar-refractivity contribution in [1.82, 2.24) is 19.5 Å². The van der Waals surface area contributed by atoms with Crippen molar-refractivity contribution in [2.45, 2.75) is 11.3 Å². The van der Waals surface area contributed by atoms with Crippen LogP contribution in [0.4, 0.5) is 10.1 Å². The van der Waals surface area contributed by atoms with E-state index in [1.807, 2.05) is 0 Å². The maximum atomic E-state index is 13.2. The normalized spacial score (nSPS) is 11.8. The minimum Gasteiger partial charge on any atom is -0.396 e. The van der Waals surface area contributed by atoms with Gasteiger partial charge in [0, 0.05) is 24.5 Å². The van der Waals surface area contributed by atoms with Crippen molar-refractivity contribution in [3.63, 3.8) is 0 Å². The van der Waals surface area contributed by atoms with Crippen LogP contribution in [0.3, 0.4) is 0 Å². The fourth-order valence-electron chi connectivity index (χ4n) is 1.66. The first-order chi connectivity index (χ1) is 9.81. The third kappa shape index (κ3) is 3.57. The Balaban J connectivity index is 2.12. The van der Waals surface area contributed by atoms with Gasteiger partial charge >= 0.3 is 0 Å². The smallest absolute Gasteiger partial charge is 0.241 e. The van der Waals surface area contributed by atoms with Crippen molar-refractivity contribution in [3.05, 3.63) is 34.6 Å². The number of hydrogen-bond acceptors (Lipinski definition) is 5. The number of nitrogens with two attached hydrogens (primary N) is 1. The number of benzene rings is 1. The van der Waals surface area contributed by atoms with Gasteiger partial charge in [0.05, 0.1) is 10.6 Å². The summed E-state index contributed by atoms with van der Waals surface area (Å²) in [6, 6.07) is 2.09. The molecule has 0 atom stereocenters. The molecule has 0 fully saturated rings. The lowest BCUT2D eigenvalue weighted by Crippen LogP contribution is -2.27. The quantitative estimate of drug-likeness (QED) is 0.750. The average molecular weight is 378 g/mol. The number of aryl methyl sites for hydroxylation is 1. The highest BCUT2D eigenvalue weighted by Crippen LogP contribution is 2.26. The molecular formula is C11H13BrFN5O2S. The van der Waals surface area contributed by atoms with Gasteiger partial charge < -0.3 is 10.3 Å². The van der Waals surface area contributed by atoms with E-state index in [0.717, 1.165) is 12.1 Å². The molecule has 114 valence electrons. The predicted molar refractivity (Wildman–Crippen MR) is 78.4 cm³/mol. The number of anilines is 1. The maximum absolute atomic E-state index is 13.2. The summed E-state index contributed by atoms with van der Waals surface area (Å²) in [6.07, 6.45) is 1.91. The molecule has 21 heavy (non-hydrogen) atoms. The number of hydrogen-bond donors (Lipinski definition) is 2. The van der Waals surface area contributed by atoms with Crippen LogP contribution in [-0.4, -0.2) is 29.7 Å².